The molecule has 0 bridgehead atoms. The second-order valence-corrected chi connectivity index (χ2v) is 5.92. The van der Waals surface area contributed by atoms with Crippen molar-refractivity contribution in [1.29, 1.82) is 0 Å². The third-order valence-electron chi connectivity index (χ3n) is 3.67. The van der Waals surface area contributed by atoms with E-state index in [1.165, 1.54) is 0 Å². The lowest BCUT2D eigenvalue weighted by molar-refractivity contribution is -0.116. The van der Waals surface area contributed by atoms with E-state index in [2.05, 4.69) is 10.3 Å². The molecule has 3 aromatic rings. The number of amides is 1. The van der Waals surface area contributed by atoms with Crippen LogP contribution in [-0.4, -0.2) is 10.9 Å². The van der Waals surface area contributed by atoms with E-state index in [-0.39, 0.29) is 11.8 Å². The van der Waals surface area contributed by atoms with E-state index >= 15 is 0 Å². The lowest BCUT2D eigenvalue weighted by Gasteiger charge is -2.05. The van der Waals surface area contributed by atoms with Crippen LogP contribution in [0.5, 0.6) is 0 Å². The van der Waals surface area contributed by atoms with Crippen molar-refractivity contribution < 1.29 is 9.21 Å². The van der Waals surface area contributed by atoms with Crippen LogP contribution < -0.4 is 5.32 Å². The number of carbonyl (C=O) groups excluding carboxylic acids is 1. The Morgan fingerprint density at radius 3 is 2.70 bits per heavy atom. The number of hydrogen-bond acceptors (Lipinski definition) is 3. The Morgan fingerprint density at radius 2 is 1.96 bits per heavy atom. The van der Waals surface area contributed by atoms with Gasteiger partial charge in [-0.25, -0.2) is 4.98 Å². The van der Waals surface area contributed by atoms with E-state index in [1.807, 2.05) is 62.4 Å². The third-order valence-corrected chi connectivity index (χ3v) is 3.67. The van der Waals surface area contributed by atoms with Gasteiger partial charge < -0.3 is 9.73 Å². The largest absolute Gasteiger partial charge is 0.440 e. The van der Waals surface area contributed by atoms with Gasteiger partial charge in [-0.05, 0) is 30.2 Å². The number of aryl methyl sites for hydroxylation is 1. The minimum absolute atomic E-state index is 0.000723. The van der Waals surface area contributed by atoms with Crippen LogP contribution >= 0.6 is 0 Å². The zero-order valence-electron chi connectivity index (χ0n) is 13.4. The summed E-state index contributed by atoms with van der Waals surface area (Å²) in [5.74, 6) is 0.958. The molecule has 0 radical (unpaired) electrons. The standard InChI is InChI=1S/C19H20N2O2/c1-13(2)19-21-16-12-15(9-10-17(16)23-19)20-18(22)11-8-14-6-4-3-5-7-14/h3-7,9-10,12-13H,8,11H2,1-2H3,(H,20,22). The van der Waals surface area contributed by atoms with Gasteiger partial charge in [0.1, 0.15) is 5.52 Å². The number of fused-ring (bicyclic) bond motifs is 1. The predicted molar refractivity (Wildman–Crippen MR) is 91.5 cm³/mol. The van der Waals surface area contributed by atoms with Crippen molar-refractivity contribution in [2.45, 2.75) is 32.6 Å². The minimum atomic E-state index is 0.000723. The van der Waals surface area contributed by atoms with Crippen molar-refractivity contribution >= 4 is 22.7 Å². The first-order chi connectivity index (χ1) is 11.1. The highest BCUT2D eigenvalue weighted by Gasteiger charge is 2.10. The molecule has 0 spiro atoms. The number of anilines is 1. The summed E-state index contributed by atoms with van der Waals surface area (Å²) in [6.07, 6.45) is 1.19. The number of rotatable bonds is 5. The summed E-state index contributed by atoms with van der Waals surface area (Å²) in [6, 6.07) is 15.5. The minimum Gasteiger partial charge on any atom is -0.440 e. The van der Waals surface area contributed by atoms with Gasteiger partial charge in [-0.2, -0.15) is 0 Å². The molecule has 1 heterocycles. The molecular formula is C19H20N2O2. The fraction of sp³-hybridized carbons (Fsp3) is 0.263. The van der Waals surface area contributed by atoms with Gasteiger partial charge >= 0.3 is 0 Å². The molecule has 1 N–H and O–H groups in total. The number of benzene rings is 2. The fourth-order valence-corrected chi connectivity index (χ4v) is 2.40. The monoisotopic (exact) mass is 308 g/mol. The smallest absolute Gasteiger partial charge is 0.224 e. The number of nitrogens with one attached hydrogen (secondary N) is 1. The molecule has 0 atom stereocenters. The Bertz CT molecular complexity index is 807. The Hall–Kier alpha value is -2.62. The summed E-state index contributed by atoms with van der Waals surface area (Å²) in [5.41, 5.74) is 3.43. The Labute approximate surface area is 135 Å². The summed E-state index contributed by atoms with van der Waals surface area (Å²) in [5, 5.41) is 2.92. The van der Waals surface area contributed by atoms with Gasteiger partial charge in [-0.3, -0.25) is 4.79 Å². The normalized spacial score (nSPS) is 11.1. The molecule has 2 aromatic carbocycles. The molecule has 23 heavy (non-hydrogen) atoms. The molecule has 0 unspecified atom stereocenters. The van der Waals surface area contributed by atoms with E-state index < -0.39 is 0 Å². The highest BCUT2D eigenvalue weighted by Crippen LogP contribution is 2.23. The van der Waals surface area contributed by atoms with Gasteiger partial charge in [0.05, 0.1) is 0 Å². The van der Waals surface area contributed by atoms with Crippen LogP contribution in [-0.2, 0) is 11.2 Å². The highest BCUT2D eigenvalue weighted by molar-refractivity contribution is 5.92. The summed E-state index contributed by atoms with van der Waals surface area (Å²) in [4.78, 5) is 16.5. The van der Waals surface area contributed by atoms with E-state index in [9.17, 15) is 4.79 Å². The van der Waals surface area contributed by atoms with Crippen LogP contribution in [0.2, 0.25) is 0 Å². The van der Waals surface area contributed by atoms with E-state index in [1.54, 1.807) is 0 Å². The number of aromatic nitrogens is 1. The second-order valence-electron chi connectivity index (χ2n) is 5.92. The zero-order valence-corrected chi connectivity index (χ0v) is 13.4. The zero-order chi connectivity index (χ0) is 16.2. The average molecular weight is 308 g/mol. The van der Waals surface area contributed by atoms with Crippen LogP contribution in [0.25, 0.3) is 11.1 Å². The van der Waals surface area contributed by atoms with Crippen molar-refractivity contribution in [1.82, 2.24) is 4.98 Å². The summed E-state index contributed by atoms with van der Waals surface area (Å²) in [6.45, 7) is 4.08. The van der Waals surface area contributed by atoms with E-state index in [0.717, 1.165) is 28.8 Å². The van der Waals surface area contributed by atoms with Gasteiger partial charge in [0, 0.05) is 18.0 Å². The fourth-order valence-electron chi connectivity index (χ4n) is 2.40. The van der Waals surface area contributed by atoms with Crippen LogP contribution in [0.4, 0.5) is 5.69 Å². The molecule has 3 rings (SSSR count). The molecule has 0 aliphatic carbocycles. The van der Waals surface area contributed by atoms with Crippen LogP contribution in [0.1, 0.15) is 37.6 Å². The summed E-state index contributed by atoms with van der Waals surface area (Å²) >= 11 is 0. The molecule has 1 aromatic heterocycles. The molecule has 0 saturated heterocycles. The van der Waals surface area contributed by atoms with Crippen LogP contribution in [0, 0.1) is 0 Å². The van der Waals surface area contributed by atoms with Gasteiger partial charge in [0.2, 0.25) is 5.91 Å². The van der Waals surface area contributed by atoms with Gasteiger partial charge in [0.25, 0.3) is 0 Å². The predicted octanol–water partition coefficient (Wildman–Crippen LogP) is 4.52. The Kier molecular flexibility index (Phi) is 4.42. The quantitative estimate of drug-likeness (QED) is 0.753. The first-order valence-electron chi connectivity index (χ1n) is 7.86. The van der Waals surface area contributed by atoms with Crippen molar-refractivity contribution in [3.8, 4) is 0 Å². The SMILES string of the molecule is CC(C)c1nc2cc(NC(=O)CCc3ccccc3)ccc2o1. The number of nitrogens with zero attached hydrogens (tertiary/aromatic N) is 1. The first kappa shape index (κ1) is 15.3. The van der Waals surface area contributed by atoms with E-state index in [4.69, 9.17) is 4.42 Å². The third kappa shape index (κ3) is 3.77. The maximum Gasteiger partial charge on any atom is 0.224 e. The number of oxazole rings is 1. The summed E-state index contributed by atoms with van der Waals surface area (Å²) in [7, 11) is 0. The molecule has 4 heteroatoms. The van der Waals surface area contributed by atoms with Crippen molar-refractivity contribution in [2.24, 2.45) is 0 Å². The van der Waals surface area contributed by atoms with Crippen molar-refractivity contribution in [3.05, 3.63) is 60.0 Å². The molecule has 0 fully saturated rings. The number of carbonyl (C=O) groups is 1. The average Bonchev–Trinajstić information content (AvgIpc) is 2.97. The maximum absolute atomic E-state index is 12.1. The van der Waals surface area contributed by atoms with Crippen LogP contribution in [0.3, 0.4) is 0 Å². The van der Waals surface area contributed by atoms with Gasteiger partial charge in [-0.1, -0.05) is 44.2 Å². The Balaban J connectivity index is 1.65. The van der Waals surface area contributed by atoms with Gasteiger partial charge in [0.15, 0.2) is 11.5 Å². The number of hydrogen-bond donors (Lipinski definition) is 1. The highest BCUT2D eigenvalue weighted by atomic mass is 16.3. The first-order valence-corrected chi connectivity index (χ1v) is 7.86. The lowest BCUT2D eigenvalue weighted by atomic mass is 10.1. The maximum atomic E-state index is 12.1. The Morgan fingerprint density at radius 1 is 1.17 bits per heavy atom. The molecule has 118 valence electrons. The lowest BCUT2D eigenvalue weighted by Crippen LogP contribution is -2.12. The van der Waals surface area contributed by atoms with Crippen molar-refractivity contribution in [2.75, 3.05) is 5.32 Å². The molecular weight excluding hydrogens is 288 g/mol. The second kappa shape index (κ2) is 6.65. The summed E-state index contributed by atoms with van der Waals surface area (Å²) < 4.78 is 5.67. The topological polar surface area (TPSA) is 55.1 Å². The molecule has 0 aliphatic rings. The van der Waals surface area contributed by atoms with E-state index in [0.29, 0.717) is 12.3 Å². The van der Waals surface area contributed by atoms with Crippen LogP contribution in [0.15, 0.2) is 52.9 Å². The molecule has 0 saturated carbocycles. The van der Waals surface area contributed by atoms with Crippen molar-refractivity contribution in [3.63, 3.8) is 0 Å². The molecule has 1 amide bonds. The van der Waals surface area contributed by atoms with Gasteiger partial charge in [-0.15, -0.1) is 0 Å². The molecule has 0 aliphatic heterocycles. The molecule has 4 nitrogen and oxygen atoms in total.